The van der Waals surface area contributed by atoms with Crippen molar-refractivity contribution in [3.05, 3.63) is 64.9 Å². The first-order valence-corrected chi connectivity index (χ1v) is 13.5. The SMILES string of the molecule is C[C@@H]1CCCN1[C@@H](C(=O)Nc1ccc2[nH]nc(-c3cccc(S(N)(=O)=O)c3)c2c1)c1ccsc1. The number of carbonyl (C=O) groups is 1. The van der Waals surface area contributed by atoms with Crippen molar-refractivity contribution >= 4 is 43.9 Å². The summed E-state index contributed by atoms with van der Waals surface area (Å²) in [5, 5.41) is 20.5. The zero-order valence-electron chi connectivity index (χ0n) is 18.6. The van der Waals surface area contributed by atoms with E-state index in [4.69, 9.17) is 5.14 Å². The maximum atomic E-state index is 13.5. The molecule has 1 fully saturated rings. The van der Waals surface area contributed by atoms with E-state index in [2.05, 4.69) is 27.3 Å². The van der Waals surface area contributed by atoms with Crippen molar-refractivity contribution in [3.8, 4) is 11.3 Å². The normalized spacial score (nSPS) is 17.8. The summed E-state index contributed by atoms with van der Waals surface area (Å²) in [4.78, 5) is 15.8. The maximum Gasteiger partial charge on any atom is 0.246 e. The molecule has 2 atom stereocenters. The number of rotatable bonds is 6. The highest BCUT2D eigenvalue weighted by molar-refractivity contribution is 7.89. The van der Waals surface area contributed by atoms with Crippen molar-refractivity contribution in [1.82, 2.24) is 15.1 Å². The second kappa shape index (κ2) is 8.95. The topological polar surface area (TPSA) is 121 Å². The van der Waals surface area contributed by atoms with Gasteiger partial charge in [0.05, 0.1) is 10.4 Å². The zero-order valence-corrected chi connectivity index (χ0v) is 20.2. The number of carbonyl (C=O) groups excluding carboxylic acids is 1. The van der Waals surface area contributed by atoms with Crippen molar-refractivity contribution in [2.45, 2.75) is 36.7 Å². The highest BCUT2D eigenvalue weighted by atomic mass is 32.2. The molecule has 1 aliphatic rings. The molecule has 176 valence electrons. The summed E-state index contributed by atoms with van der Waals surface area (Å²) in [6.45, 7) is 3.06. The fourth-order valence-electron chi connectivity index (χ4n) is 4.61. The minimum atomic E-state index is -3.84. The van der Waals surface area contributed by atoms with Gasteiger partial charge in [0.15, 0.2) is 0 Å². The first kappa shape index (κ1) is 22.7. The lowest BCUT2D eigenvalue weighted by molar-refractivity contribution is -0.121. The van der Waals surface area contributed by atoms with Crippen LogP contribution >= 0.6 is 11.3 Å². The van der Waals surface area contributed by atoms with E-state index in [1.807, 2.05) is 35.0 Å². The van der Waals surface area contributed by atoms with E-state index in [0.717, 1.165) is 35.9 Å². The van der Waals surface area contributed by atoms with Gasteiger partial charge >= 0.3 is 0 Å². The average Bonchev–Trinajstić information content (AvgIpc) is 3.56. The quantitative estimate of drug-likeness (QED) is 0.372. The van der Waals surface area contributed by atoms with E-state index < -0.39 is 10.0 Å². The minimum Gasteiger partial charge on any atom is -0.324 e. The van der Waals surface area contributed by atoms with Gasteiger partial charge in [0, 0.05) is 22.7 Å². The van der Waals surface area contributed by atoms with Crippen LogP contribution in [0.3, 0.4) is 0 Å². The van der Waals surface area contributed by atoms with Crippen LogP contribution in [-0.2, 0) is 14.8 Å². The van der Waals surface area contributed by atoms with Gasteiger partial charge in [-0.25, -0.2) is 13.6 Å². The number of fused-ring (bicyclic) bond motifs is 1. The summed E-state index contributed by atoms with van der Waals surface area (Å²) < 4.78 is 23.6. The molecule has 2 aromatic heterocycles. The Morgan fingerprint density at radius 2 is 2.12 bits per heavy atom. The molecule has 10 heteroatoms. The molecule has 4 aromatic rings. The van der Waals surface area contributed by atoms with Gasteiger partial charge in [-0.2, -0.15) is 16.4 Å². The van der Waals surface area contributed by atoms with Crippen LogP contribution in [-0.4, -0.2) is 42.0 Å². The second-order valence-corrected chi connectivity index (χ2v) is 10.9. The minimum absolute atomic E-state index is 0.0175. The van der Waals surface area contributed by atoms with Gasteiger partial charge < -0.3 is 5.32 Å². The standard InChI is InChI=1S/C24H25N5O3S2/c1-15-4-3-10-29(15)23(17-9-11-33-14-17)24(30)26-18-7-8-21-20(13-18)22(28-27-21)16-5-2-6-19(12-16)34(25,31)32/h2,5-9,11-15,23H,3-4,10H2,1H3,(H,26,30)(H,27,28)(H2,25,31,32)/t15-,23-/m1/s1. The van der Waals surface area contributed by atoms with Gasteiger partial charge in [0.1, 0.15) is 11.7 Å². The number of primary sulfonamides is 1. The highest BCUT2D eigenvalue weighted by Crippen LogP contribution is 2.33. The smallest absolute Gasteiger partial charge is 0.246 e. The summed E-state index contributed by atoms with van der Waals surface area (Å²) in [7, 11) is -3.84. The Labute approximate surface area is 201 Å². The second-order valence-electron chi connectivity index (χ2n) is 8.58. The number of aromatic nitrogens is 2. The van der Waals surface area contributed by atoms with E-state index in [1.54, 1.807) is 23.5 Å². The first-order chi connectivity index (χ1) is 16.3. The van der Waals surface area contributed by atoms with Crippen LogP contribution < -0.4 is 10.5 Å². The summed E-state index contributed by atoms with van der Waals surface area (Å²) >= 11 is 1.59. The fraction of sp³-hybridized carbons (Fsp3) is 0.250. The number of benzene rings is 2. The van der Waals surface area contributed by atoms with E-state index in [-0.39, 0.29) is 16.8 Å². The van der Waals surface area contributed by atoms with Gasteiger partial charge in [0.2, 0.25) is 15.9 Å². The van der Waals surface area contributed by atoms with Crippen LogP contribution in [0.4, 0.5) is 5.69 Å². The lowest BCUT2D eigenvalue weighted by Gasteiger charge is -2.30. The number of nitrogens with one attached hydrogen (secondary N) is 2. The lowest BCUT2D eigenvalue weighted by atomic mass is 10.1. The summed E-state index contributed by atoms with van der Waals surface area (Å²) in [6.07, 6.45) is 2.16. The van der Waals surface area contributed by atoms with Gasteiger partial charge in [-0.05, 0) is 79.0 Å². The number of thiophene rings is 1. The van der Waals surface area contributed by atoms with E-state index >= 15 is 0 Å². The molecule has 8 nitrogen and oxygen atoms in total. The molecule has 0 aliphatic carbocycles. The van der Waals surface area contributed by atoms with Gasteiger partial charge in [-0.15, -0.1) is 0 Å². The maximum absolute atomic E-state index is 13.5. The number of likely N-dealkylation sites (tertiary alicyclic amines) is 1. The lowest BCUT2D eigenvalue weighted by Crippen LogP contribution is -2.39. The largest absolute Gasteiger partial charge is 0.324 e. The number of nitrogens with two attached hydrogens (primary N) is 1. The Kier molecular flexibility index (Phi) is 5.98. The Morgan fingerprint density at radius 3 is 2.82 bits per heavy atom. The number of amides is 1. The number of anilines is 1. The fourth-order valence-corrected chi connectivity index (χ4v) is 5.84. The zero-order chi connectivity index (χ0) is 23.9. The molecular formula is C24H25N5O3S2. The highest BCUT2D eigenvalue weighted by Gasteiger charge is 2.34. The van der Waals surface area contributed by atoms with Crippen LogP contribution in [0, 0.1) is 0 Å². The average molecular weight is 496 g/mol. The van der Waals surface area contributed by atoms with Crippen molar-refractivity contribution in [3.63, 3.8) is 0 Å². The van der Waals surface area contributed by atoms with E-state index in [0.29, 0.717) is 23.0 Å². The number of aromatic amines is 1. The molecule has 1 aliphatic heterocycles. The first-order valence-electron chi connectivity index (χ1n) is 11.0. The molecule has 4 N–H and O–H groups in total. The Bertz CT molecular complexity index is 1450. The molecule has 1 saturated heterocycles. The van der Waals surface area contributed by atoms with Crippen molar-refractivity contribution in [2.24, 2.45) is 5.14 Å². The molecule has 5 rings (SSSR count). The molecule has 0 saturated carbocycles. The van der Waals surface area contributed by atoms with E-state index in [1.165, 1.54) is 12.1 Å². The predicted molar refractivity (Wildman–Crippen MR) is 134 cm³/mol. The van der Waals surface area contributed by atoms with Crippen LogP contribution in [0.1, 0.15) is 31.4 Å². The molecular weight excluding hydrogens is 470 g/mol. The number of hydrogen-bond acceptors (Lipinski definition) is 6. The van der Waals surface area contributed by atoms with Gasteiger partial charge in [0.25, 0.3) is 0 Å². The molecule has 0 unspecified atom stereocenters. The van der Waals surface area contributed by atoms with E-state index in [9.17, 15) is 13.2 Å². The van der Waals surface area contributed by atoms with Crippen LogP contribution in [0.5, 0.6) is 0 Å². The third kappa shape index (κ3) is 4.37. The number of hydrogen-bond donors (Lipinski definition) is 3. The number of sulfonamides is 1. The van der Waals surface area contributed by atoms with Crippen LogP contribution in [0.15, 0.2) is 64.2 Å². The van der Waals surface area contributed by atoms with Crippen LogP contribution in [0.25, 0.3) is 22.2 Å². The monoisotopic (exact) mass is 495 g/mol. The molecule has 34 heavy (non-hydrogen) atoms. The molecule has 1 amide bonds. The third-order valence-corrected chi connectivity index (χ3v) is 7.92. The summed E-state index contributed by atoms with van der Waals surface area (Å²) in [6, 6.07) is 13.9. The number of nitrogens with zero attached hydrogens (tertiary/aromatic N) is 2. The van der Waals surface area contributed by atoms with Gasteiger partial charge in [-0.1, -0.05) is 12.1 Å². The van der Waals surface area contributed by atoms with Crippen molar-refractivity contribution in [2.75, 3.05) is 11.9 Å². The van der Waals surface area contributed by atoms with Crippen molar-refractivity contribution in [1.29, 1.82) is 0 Å². The molecule has 2 aromatic carbocycles. The molecule has 3 heterocycles. The molecule has 0 radical (unpaired) electrons. The Balaban J connectivity index is 1.47. The van der Waals surface area contributed by atoms with Crippen LogP contribution in [0.2, 0.25) is 0 Å². The summed E-state index contributed by atoms with van der Waals surface area (Å²) in [5.74, 6) is -0.0761. The van der Waals surface area contributed by atoms with Crippen molar-refractivity contribution < 1.29 is 13.2 Å². The Morgan fingerprint density at radius 1 is 1.26 bits per heavy atom. The summed E-state index contributed by atoms with van der Waals surface area (Å²) in [5.41, 5.74) is 3.62. The third-order valence-electron chi connectivity index (χ3n) is 6.31. The Hall–Kier alpha value is -3.05. The molecule has 0 spiro atoms. The van der Waals surface area contributed by atoms with Gasteiger partial charge in [-0.3, -0.25) is 14.8 Å². The predicted octanol–water partition coefficient (Wildman–Crippen LogP) is 4.10. The molecule has 0 bridgehead atoms. The number of H-pyrrole nitrogens is 1.